The Labute approximate surface area is 105 Å². The highest BCUT2D eigenvalue weighted by Crippen LogP contribution is 2.27. The summed E-state index contributed by atoms with van der Waals surface area (Å²) in [6.45, 7) is 0.205. The van der Waals surface area contributed by atoms with E-state index in [0.717, 1.165) is 0 Å². The van der Waals surface area contributed by atoms with E-state index in [9.17, 15) is 13.2 Å². The van der Waals surface area contributed by atoms with E-state index in [2.05, 4.69) is 25.3 Å². The van der Waals surface area contributed by atoms with Crippen LogP contribution in [0.15, 0.2) is 24.7 Å². The number of hydrogen-bond donors (Lipinski definition) is 2. The first-order chi connectivity index (χ1) is 8.95. The molecular formula is C10H9F3N6. The Hall–Kier alpha value is -2.45. The number of nitrogens with one attached hydrogen (secondary N) is 1. The Balaban J connectivity index is 2.15. The molecule has 0 aromatic carbocycles. The second kappa shape index (κ2) is 5.04. The van der Waals surface area contributed by atoms with Crippen LogP contribution in [0, 0.1) is 0 Å². The number of anilines is 2. The van der Waals surface area contributed by atoms with Crippen LogP contribution in [0.2, 0.25) is 0 Å². The van der Waals surface area contributed by atoms with Gasteiger partial charge in [-0.3, -0.25) is 0 Å². The highest BCUT2D eigenvalue weighted by atomic mass is 19.4. The maximum Gasteiger partial charge on any atom is 0.451 e. The second-order valence-electron chi connectivity index (χ2n) is 3.55. The number of nitrogen functional groups attached to an aromatic ring is 1. The molecule has 0 radical (unpaired) electrons. The number of nitrogens with two attached hydrogens (primary N) is 1. The summed E-state index contributed by atoms with van der Waals surface area (Å²) in [6, 6.07) is 2.85. The Kier molecular flexibility index (Phi) is 3.45. The quantitative estimate of drug-likeness (QED) is 0.878. The average Bonchev–Trinajstić information content (AvgIpc) is 2.36. The molecule has 2 aromatic heterocycles. The van der Waals surface area contributed by atoms with E-state index in [1.54, 1.807) is 6.07 Å². The van der Waals surface area contributed by atoms with Crippen LogP contribution in [0.5, 0.6) is 0 Å². The van der Waals surface area contributed by atoms with Crippen molar-refractivity contribution in [3.8, 4) is 0 Å². The van der Waals surface area contributed by atoms with Crippen LogP contribution in [0.25, 0.3) is 0 Å². The van der Waals surface area contributed by atoms with Gasteiger partial charge in [-0.25, -0.2) is 19.9 Å². The van der Waals surface area contributed by atoms with Crippen molar-refractivity contribution >= 4 is 11.6 Å². The number of nitrogens with zero attached hydrogens (tertiary/aromatic N) is 4. The summed E-state index contributed by atoms with van der Waals surface area (Å²) in [5, 5.41) is 2.69. The van der Waals surface area contributed by atoms with Gasteiger partial charge in [-0.1, -0.05) is 0 Å². The van der Waals surface area contributed by atoms with Crippen molar-refractivity contribution in [2.75, 3.05) is 11.1 Å². The maximum absolute atomic E-state index is 12.5. The van der Waals surface area contributed by atoms with Crippen LogP contribution in [-0.4, -0.2) is 19.9 Å². The first-order valence-electron chi connectivity index (χ1n) is 5.15. The fraction of sp³-hybridized carbons (Fsp3) is 0.200. The first kappa shape index (κ1) is 13.0. The third-order valence-electron chi connectivity index (χ3n) is 2.09. The lowest BCUT2D eigenvalue weighted by molar-refractivity contribution is -0.144. The van der Waals surface area contributed by atoms with Crippen molar-refractivity contribution in [1.29, 1.82) is 0 Å². The van der Waals surface area contributed by atoms with E-state index in [0.29, 0.717) is 5.69 Å². The van der Waals surface area contributed by atoms with E-state index in [1.807, 2.05) is 0 Å². The molecule has 3 N–H and O–H groups in total. The van der Waals surface area contributed by atoms with Gasteiger partial charge in [0.25, 0.3) is 0 Å². The molecule has 19 heavy (non-hydrogen) atoms. The van der Waals surface area contributed by atoms with Crippen LogP contribution in [0.4, 0.5) is 24.8 Å². The summed E-state index contributed by atoms with van der Waals surface area (Å²) in [5.74, 6) is -1.55. The van der Waals surface area contributed by atoms with Gasteiger partial charge in [-0.2, -0.15) is 13.2 Å². The van der Waals surface area contributed by atoms with Gasteiger partial charge in [0.2, 0.25) is 5.82 Å². The molecule has 0 amide bonds. The van der Waals surface area contributed by atoms with E-state index in [4.69, 9.17) is 5.73 Å². The summed E-state index contributed by atoms with van der Waals surface area (Å²) in [4.78, 5) is 14.1. The van der Waals surface area contributed by atoms with E-state index >= 15 is 0 Å². The van der Waals surface area contributed by atoms with Crippen molar-refractivity contribution in [2.24, 2.45) is 0 Å². The molecule has 0 saturated carbocycles. The SMILES string of the molecule is Nc1cc(NCc2ccncn2)nc(C(F)(F)F)n1. The summed E-state index contributed by atoms with van der Waals surface area (Å²) in [6.07, 6.45) is -1.77. The van der Waals surface area contributed by atoms with Gasteiger partial charge in [-0.15, -0.1) is 0 Å². The molecule has 6 nitrogen and oxygen atoms in total. The number of hydrogen-bond acceptors (Lipinski definition) is 6. The smallest absolute Gasteiger partial charge is 0.384 e. The lowest BCUT2D eigenvalue weighted by atomic mass is 10.4. The van der Waals surface area contributed by atoms with Crippen molar-refractivity contribution in [3.63, 3.8) is 0 Å². The highest BCUT2D eigenvalue weighted by molar-refractivity contribution is 5.45. The first-order valence-corrected chi connectivity index (χ1v) is 5.15. The third-order valence-corrected chi connectivity index (χ3v) is 2.09. The zero-order valence-electron chi connectivity index (χ0n) is 9.52. The molecule has 100 valence electrons. The number of aromatic nitrogens is 4. The van der Waals surface area contributed by atoms with Crippen LogP contribution in [-0.2, 0) is 12.7 Å². The van der Waals surface area contributed by atoms with Gasteiger partial charge in [0.1, 0.15) is 18.0 Å². The standard InChI is InChI=1S/C10H9F3N6/c11-10(12,13)9-18-7(14)3-8(19-9)16-4-6-1-2-15-5-17-6/h1-3,5H,4H2,(H3,14,16,18,19). The molecule has 0 aliphatic heterocycles. The molecule has 0 spiro atoms. The zero-order chi connectivity index (χ0) is 13.9. The fourth-order valence-electron chi connectivity index (χ4n) is 1.29. The molecule has 9 heteroatoms. The Morgan fingerprint density at radius 2 is 2.05 bits per heavy atom. The van der Waals surface area contributed by atoms with E-state index < -0.39 is 12.0 Å². The minimum Gasteiger partial charge on any atom is -0.384 e. The summed E-state index contributed by atoms with van der Waals surface area (Å²) in [7, 11) is 0. The predicted molar refractivity (Wildman–Crippen MR) is 60.8 cm³/mol. The van der Waals surface area contributed by atoms with Crippen LogP contribution in [0.3, 0.4) is 0 Å². The normalized spacial score (nSPS) is 11.3. The summed E-state index contributed by atoms with van der Waals surface area (Å²) >= 11 is 0. The van der Waals surface area contributed by atoms with Gasteiger partial charge >= 0.3 is 6.18 Å². The molecule has 0 unspecified atom stereocenters. The Morgan fingerprint density at radius 1 is 1.26 bits per heavy atom. The summed E-state index contributed by atoms with van der Waals surface area (Å²) in [5.41, 5.74) is 5.92. The predicted octanol–water partition coefficient (Wildman–Crippen LogP) is 1.48. The molecule has 0 fully saturated rings. The van der Waals surface area contributed by atoms with Crippen LogP contribution >= 0.6 is 0 Å². The van der Waals surface area contributed by atoms with Crippen LogP contribution < -0.4 is 11.1 Å². The molecule has 2 heterocycles. The van der Waals surface area contributed by atoms with Crippen molar-refractivity contribution in [3.05, 3.63) is 36.2 Å². The molecule has 0 aliphatic rings. The van der Waals surface area contributed by atoms with Gasteiger partial charge < -0.3 is 11.1 Å². The highest BCUT2D eigenvalue weighted by Gasteiger charge is 2.35. The fourth-order valence-corrected chi connectivity index (χ4v) is 1.29. The summed E-state index contributed by atoms with van der Waals surface area (Å²) < 4.78 is 37.4. The van der Waals surface area contributed by atoms with E-state index in [1.165, 1.54) is 18.6 Å². The van der Waals surface area contributed by atoms with Gasteiger partial charge in [0.05, 0.1) is 12.2 Å². The lowest BCUT2D eigenvalue weighted by Crippen LogP contribution is -2.14. The van der Waals surface area contributed by atoms with Crippen molar-refractivity contribution in [1.82, 2.24) is 19.9 Å². The minimum atomic E-state index is -4.64. The van der Waals surface area contributed by atoms with Crippen molar-refractivity contribution < 1.29 is 13.2 Å². The Morgan fingerprint density at radius 3 is 2.68 bits per heavy atom. The second-order valence-corrected chi connectivity index (χ2v) is 3.55. The average molecular weight is 270 g/mol. The zero-order valence-corrected chi connectivity index (χ0v) is 9.52. The van der Waals surface area contributed by atoms with Gasteiger partial charge in [0, 0.05) is 12.3 Å². The molecule has 0 atom stereocenters. The number of alkyl halides is 3. The molecule has 2 rings (SSSR count). The topological polar surface area (TPSA) is 89.6 Å². The monoisotopic (exact) mass is 270 g/mol. The molecule has 0 saturated heterocycles. The van der Waals surface area contributed by atoms with Gasteiger partial charge in [-0.05, 0) is 6.07 Å². The van der Waals surface area contributed by atoms with Crippen LogP contribution in [0.1, 0.15) is 11.5 Å². The van der Waals surface area contributed by atoms with E-state index in [-0.39, 0.29) is 18.2 Å². The molecule has 0 aliphatic carbocycles. The number of rotatable bonds is 3. The third kappa shape index (κ3) is 3.50. The Bertz CT molecular complexity index is 557. The molecular weight excluding hydrogens is 261 g/mol. The van der Waals surface area contributed by atoms with Crippen molar-refractivity contribution in [2.45, 2.75) is 12.7 Å². The lowest BCUT2D eigenvalue weighted by Gasteiger charge is -2.09. The van der Waals surface area contributed by atoms with Gasteiger partial charge in [0.15, 0.2) is 0 Å². The molecule has 2 aromatic rings. The molecule has 0 bridgehead atoms. The number of halogens is 3. The largest absolute Gasteiger partial charge is 0.451 e. The maximum atomic E-state index is 12.5. The minimum absolute atomic E-state index is 0.0153.